The summed E-state index contributed by atoms with van der Waals surface area (Å²) in [6, 6.07) is 7.56. The Morgan fingerprint density at radius 1 is 1.09 bits per heavy atom. The van der Waals surface area contributed by atoms with E-state index in [0.29, 0.717) is 4.70 Å². The highest BCUT2D eigenvalue weighted by Gasteiger charge is 2.30. The summed E-state index contributed by atoms with van der Waals surface area (Å²) >= 11 is 1.31. The third kappa shape index (κ3) is 3.03. The van der Waals surface area contributed by atoms with Crippen LogP contribution in [-0.4, -0.2) is 12.0 Å². The fraction of sp³-hybridized carbons (Fsp3) is 0.133. The van der Waals surface area contributed by atoms with Gasteiger partial charge in [-0.05, 0) is 24.3 Å². The van der Waals surface area contributed by atoms with E-state index < -0.39 is 11.7 Å². The number of hydrogen-bond donors (Lipinski definition) is 0. The normalized spacial score (nSPS) is 11.3. The molecule has 0 spiro atoms. The first-order chi connectivity index (χ1) is 9.97. The van der Waals surface area contributed by atoms with Crippen molar-refractivity contribution in [2.75, 3.05) is 11.9 Å². The van der Waals surface area contributed by atoms with Crippen molar-refractivity contribution >= 4 is 45.2 Å². The van der Waals surface area contributed by atoms with Gasteiger partial charge in [-0.3, -0.25) is 4.98 Å². The highest BCUT2D eigenvalue weighted by atomic mass is 35.5. The van der Waals surface area contributed by atoms with Gasteiger partial charge in [0.2, 0.25) is 0 Å². The molecule has 0 saturated carbocycles. The smallest absolute Gasteiger partial charge is 0.343 e. The zero-order valence-corrected chi connectivity index (χ0v) is 13.1. The molecule has 0 atom stereocenters. The fourth-order valence-corrected chi connectivity index (χ4v) is 3.18. The Morgan fingerprint density at radius 2 is 1.77 bits per heavy atom. The Balaban J connectivity index is 0.00000176. The molecule has 0 amide bonds. The molecule has 22 heavy (non-hydrogen) atoms. The molecule has 0 bridgehead atoms. The predicted molar refractivity (Wildman–Crippen MR) is 86.4 cm³/mol. The maximum absolute atomic E-state index is 12.7. The minimum absolute atomic E-state index is 0. The summed E-state index contributed by atoms with van der Waals surface area (Å²) in [5, 5.41) is 2.68. The zero-order chi connectivity index (χ0) is 15.0. The van der Waals surface area contributed by atoms with E-state index in [-0.39, 0.29) is 12.4 Å². The van der Waals surface area contributed by atoms with Crippen LogP contribution in [0.1, 0.15) is 5.56 Å². The number of anilines is 2. The summed E-state index contributed by atoms with van der Waals surface area (Å²) in [6.45, 7) is 0. The standard InChI is InChI=1S/C15H11F3N2S.ClH/c1-20(11-4-6-19-7-5-11)13-9-21-14-8-10(15(16,17)18)2-3-12(13)14;/h2-9H,1H3;1H. The number of fused-ring (bicyclic) bond motifs is 1. The molecule has 0 radical (unpaired) electrons. The second kappa shape index (κ2) is 6.14. The molecular weight excluding hydrogens is 333 g/mol. The lowest BCUT2D eigenvalue weighted by Gasteiger charge is -2.18. The molecule has 1 aromatic carbocycles. The fourth-order valence-electron chi connectivity index (χ4n) is 2.16. The van der Waals surface area contributed by atoms with Crippen molar-refractivity contribution in [1.82, 2.24) is 4.98 Å². The van der Waals surface area contributed by atoms with Crippen LogP contribution in [-0.2, 0) is 6.18 Å². The number of aromatic nitrogens is 1. The van der Waals surface area contributed by atoms with Gasteiger partial charge < -0.3 is 4.90 Å². The number of hydrogen-bond acceptors (Lipinski definition) is 3. The van der Waals surface area contributed by atoms with Gasteiger partial charge in [-0.15, -0.1) is 23.7 Å². The molecule has 0 aliphatic heterocycles. The lowest BCUT2D eigenvalue weighted by molar-refractivity contribution is -0.137. The molecule has 0 fully saturated rings. The molecule has 0 N–H and O–H groups in total. The first-order valence-corrected chi connectivity index (χ1v) is 7.07. The lowest BCUT2D eigenvalue weighted by Crippen LogP contribution is -2.08. The predicted octanol–water partition coefficient (Wildman–Crippen LogP) is 5.50. The van der Waals surface area contributed by atoms with E-state index in [9.17, 15) is 13.2 Å². The lowest BCUT2D eigenvalue weighted by atomic mass is 10.1. The number of benzene rings is 1. The number of alkyl halides is 3. The van der Waals surface area contributed by atoms with Crippen molar-refractivity contribution in [2.45, 2.75) is 6.18 Å². The second-order valence-electron chi connectivity index (χ2n) is 4.59. The van der Waals surface area contributed by atoms with Gasteiger partial charge in [0.15, 0.2) is 0 Å². The van der Waals surface area contributed by atoms with E-state index in [1.807, 2.05) is 29.5 Å². The van der Waals surface area contributed by atoms with Crippen LogP contribution in [0.25, 0.3) is 10.1 Å². The van der Waals surface area contributed by atoms with E-state index in [2.05, 4.69) is 4.98 Å². The highest BCUT2D eigenvalue weighted by Crippen LogP contribution is 2.39. The third-order valence-electron chi connectivity index (χ3n) is 3.29. The van der Waals surface area contributed by atoms with Crippen LogP contribution in [0.5, 0.6) is 0 Å². The van der Waals surface area contributed by atoms with Gasteiger partial charge in [-0.25, -0.2) is 0 Å². The Bertz CT molecular complexity index is 771. The summed E-state index contributed by atoms with van der Waals surface area (Å²) in [5.41, 5.74) is 1.20. The number of thiophene rings is 1. The summed E-state index contributed by atoms with van der Waals surface area (Å²) < 4.78 is 38.8. The van der Waals surface area contributed by atoms with Crippen molar-refractivity contribution in [1.29, 1.82) is 0 Å². The highest BCUT2D eigenvalue weighted by molar-refractivity contribution is 7.17. The van der Waals surface area contributed by atoms with E-state index in [1.165, 1.54) is 23.5 Å². The SMILES string of the molecule is CN(c1ccncc1)c1csc2cc(C(F)(F)F)ccc12.Cl. The van der Waals surface area contributed by atoms with Crippen molar-refractivity contribution in [3.63, 3.8) is 0 Å². The van der Waals surface area contributed by atoms with Gasteiger partial charge >= 0.3 is 6.18 Å². The topological polar surface area (TPSA) is 16.1 Å². The van der Waals surface area contributed by atoms with Crippen molar-refractivity contribution in [2.24, 2.45) is 0 Å². The zero-order valence-electron chi connectivity index (χ0n) is 11.5. The maximum atomic E-state index is 12.7. The molecule has 0 aliphatic rings. The van der Waals surface area contributed by atoms with E-state index in [1.54, 1.807) is 12.4 Å². The quantitative estimate of drug-likeness (QED) is 0.609. The monoisotopic (exact) mass is 344 g/mol. The summed E-state index contributed by atoms with van der Waals surface area (Å²) in [5.74, 6) is 0. The average molecular weight is 345 g/mol. The van der Waals surface area contributed by atoms with Gasteiger partial charge in [-0.1, -0.05) is 6.07 Å². The molecule has 0 saturated heterocycles. The Kier molecular flexibility index (Phi) is 4.63. The van der Waals surface area contributed by atoms with Gasteiger partial charge in [-0.2, -0.15) is 13.2 Å². The average Bonchev–Trinajstić information content (AvgIpc) is 2.89. The van der Waals surface area contributed by atoms with Gasteiger partial charge in [0.25, 0.3) is 0 Å². The van der Waals surface area contributed by atoms with Crippen LogP contribution in [0.15, 0.2) is 48.1 Å². The van der Waals surface area contributed by atoms with Crippen molar-refractivity contribution in [3.05, 3.63) is 53.7 Å². The van der Waals surface area contributed by atoms with Crippen LogP contribution in [0.2, 0.25) is 0 Å². The third-order valence-corrected chi connectivity index (χ3v) is 4.23. The molecular formula is C15H12ClF3N2S. The molecule has 3 aromatic rings. The molecule has 2 nitrogen and oxygen atoms in total. The van der Waals surface area contributed by atoms with Crippen LogP contribution < -0.4 is 4.90 Å². The Labute approximate surface area is 135 Å². The van der Waals surface area contributed by atoms with Crippen molar-refractivity contribution in [3.8, 4) is 0 Å². The molecule has 2 aromatic heterocycles. The minimum atomic E-state index is -4.31. The molecule has 0 aliphatic carbocycles. The minimum Gasteiger partial charge on any atom is -0.343 e. The number of nitrogens with zero attached hydrogens (tertiary/aromatic N) is 2. The summed E-state index contributed by atoms with van der Waals surface area (Å²) in [6.07, 6.45) is -0.945. The number of pyridine rings is 1. The summed E-state index contributed by atoms with van der Waals surface area (Å²) in [7, 11) is 1.88. The maximum Gasteiger partial charge on any atom is 0.416 e. The van der Waals surface area contributed by atoms with Gasteiger partial charge in [0, 0.05) is 40.6 Å². The largest absolute Gasteiger partial charge is 0.416 e. The number of rotatable bonds is 2. The van der Waals surface area contributed by atoms with Gasteiger partial charge in [0.1, 0.15) is 0 Å². The first kappa shape index (κ1) is 16.6. The van der Waals surface area contributed by atoms with E-state index in [4.69, 9.17) is 0 Å². The van der Waals surface area contributed by atoms with Crippen LogP contribution >= 0.6 is 23.7 Å². The first-order valence-electron chi connectivity index (χ1n) is 6.19. The Morgan fingerprint density at radius 3 is 2.41 bits per heavy atom. The second-order valence-corrected chi connectivity index (χ2v) is 5.51. The van der Waals surface area contributed by atoms with Crippen molar-refractivity contribution < 1.29 is 13.2 Å². The van der Waals surface area contributed by atoms with Crippen LogP contribution in [0, 0.1) is 0 Å². The molecule has 116 valence electrons. The Hall–Kier alpha value is -1.79. The molecule has 7 heteroatoms. The summed E-state index contributed by atoms with van der Waals surface area (Å²) in [4.78, 5) is 5.90. The molecule has 0 unspecified atom stereocenters. The van der Waals surface area contributed by atoms with Crippen LogP contribution in [0.4, 0.5) is 24.5 Å². The molecule has 2 heterocycles. The van der Waals surface area contributed by atoms with E-state index in [0.717, 1.165) is 22.8 Å². The van der Waals surface area contributed by atoms with E-state index >= 15 is 0 Å². The van der Waals surface area contributed by atoms with Gasteiger partial charge in [0.05, 0.1) is 11.3 Å². The molecule has 3 rings (SSSR count). The van der Waals surface area contributed by atoms with Crippen LogP contribution in [0.3, 0.4) is 0 Å². The number of halogens is 4.